The first kappa shape index (κ1) is 37.2. The fourth-order valence-electron chi connectivity index (χ4n) is 3.74. The number of anilines is 2. The van der Waals surface area contributed by atoms with Gasteiger partial charge in [0, 0.05) is 5.69 Å². The third-order valence-electron chi connectivity index (χ3n) is 6.50. The molecule has 0 spiro atoms. The Morgan fingerprint density at radius 1 is 0.733 bits per heavy atom. The Balaban J connectivity index is 0.00000705. The summed E-state index contributed by atoms with van der Waals surface area (Å²) in [7, 11) is -5.22. The number of hydrogen-bond donors (Lipinski definition) is 3. The van der Waals surface area contributed by atoms with Gasteiger partial charge in [0.25, 0.3) is 0 Å². The predicted octanol–water partition coefficient (Wildman–Crippen LogP) is 9.15. The van der Waals surface area contributed by atoms with Gasteiger partial charge in [-0.2, -0.15) is 39.5 Å². The van der Waals surface area contributed by atoms with Gasteiger partial charge in [-0.3, -0.25) is 0 Å². The first-order chi connectivity index (χ1) is 19.9. The SMILES string of the molecule is CCC(C)(C)c1ccc(Oc2ccc(C(F)(F)F)cc2NC(=O)Nc2cc(C(F)(F)F)cc(C(F)(F)F)c2)c(S(=O)(=O)[O-])c1.[NH4+]. The van der Waals surface area contributed by atoms with E-state index in [1.807, 2.05) is 5.32 Å². The molecule has 0 radical (unpaired) electrons. The number of nitrogens with one attached hydrogen (secondary N) is 2. The number of amides is 2. The van der Waals surface area contributed by atoms with Crippen molar-refractivity contribution in [1.29, 1.82) is 0 Å². The molecule has 0 aliphatic heterocycles. The van der Waals surface area contributed by atoms with E-state index in [1.54, 1.807) is 26.1 Å². The number of hydrogen-bond acceptors (Lipinski definition) is 5. The van der Waals surface area contributed by atoms with Crippen LogP contribution in [-0.4, -0.2) is 19.0 Å². The van der Waals surface area contributed by atoms with Crippen LogP contribution in [0.3, 0.4) is 0 Å². The third-order valence-corrected chi connectivity index (χ3v) is 7.36. The quantitative estimate of drug-likeness (QED) is 0.169. The molecule has 0 atom stereocenters. The van der Waals surface area contributed by atoms with Gasteiger partial charge in [0.15, 0.2) is 5.75 Å². The van der Waals surface area contributed by atoms with Crippen molar-refractivity contribution in [1.82, 2.24) is 6.15 Å². The maximum Gasteiger partial charge on any atom is 0.416 e. The van der Waals surface area contributed by atoms with Gasteiger partial charge in [0.2, 0.25) is 0 Å². The maximum absolute atomic E-state index is 13.4. The Morgan fingerprint density at radius 2 is 1.22 bits per heavy atom. The van der Waals surface area contributed by atoms with Gasteiger partial charge in [-0.05, 0) is 65.9 Å². The van der Waals surface area contributed by atoms with Gasteiger partial charge in [-0.25, -0.2) is 13.2 Å². The van der Waals surface area contributed by atoms with Crippen molar-refractivity contribution >= 4 is 27.5 Å². The van der Waals surface area contributed by atoms with Gasteiger partial charge in [0.05, 0.1) is 27.3 Å². The van der Waals surface area contributed by atoms with E-state index in [0.717, 1.165) is 12.1 Å². The zero-order valence-corrected chi connectivity index (χ0v) is 24.6. The van der Waals surface area contributed by atoms with Crippen LogP contribution in [0.5, 0.6) is 11.5 Å². The second kappa shape index (κ2) is 12.8. The Morgan fingerprint density at radius 3 is 1.69 bits per heavy atom. The summed E-state index contributed by atoms with van der Waals surface area (Å²) in [6.45, 7) is 5.30. The van der Waals surface area contributed by atoms with Crippen LogP contribution in [0.25, 0.3) is 0 Å². The van der Waals surface area contributed by atoms with E-state index in [-0.39, 0.29) is 24.3 Å². The van der Waals surface area contributed by atoms with Crippen molar-refractivity contribution in [2.24, 2.45) is 0 Å². The fraction of sp³-hybridized carbons (Fsp3) is 0.296. The minimum Gasteiger partial charge on any atom is -0.744 e. The zero-order chi connectivity index (χ0) is 33.5. The molecule has 3 aromatic carbocycles. The molecule has 0 aliphatic carbocycles. The maximum atomic E-state index is 13.4. The van der Waals surface area contributed by atoms with Crippen LogP contribution in [-0.2, 0) is 34.1 Å². The number of urea groups is 1. The van der Waals surface area contributed by atoms with Crippen LogP contribution < -0.4 is 21.5 Å². The average molecular weight is 676 g/mol. The molecule has 3 rings (SSSR count). The highest BCUT2D eigenvalue weighted by molar-refractivity contribution is 7.85. The number of alkyl halides is 9. The predicted molar refractivity (Wildman–Crippen MR) is 144 cm³/mol. The normalized spacial score (nSPS) is 12.7. The molecule has 3 aromatic rings. The average Bonchev–Trinajstić information content (AvgIpc) is 2.87. The molecule has 0 fully saturated rings. The minimum atomic E-state index is -5.25. The minimum absolute atomic E-state index is 0. The smallest absolute Gasteiger partial charge is 0.416 e. The Hall–Kier alpha value is -4.03. The Labute approximate surface area is 250 Å². The molecule has 0 bridgehead atoms. The lowest BCUT2D eigenvalue weighted by molar-refractivity contribution is -0.143. The summed E-state index contributed by atoms with van der Waals surface area (Å²) in [6, 6.07) is 3.53. The second-order valence-electron chi connectivity index (χ2n) is 10.0. The molecule has 18 heteroatoms. The number of ether oxygens (including phenoxy) is 1. The van der Waals surface area contributed by atoms with Gasteiger partial charge in [-0.15, -0.1) is 0 Å². The summed E-state index contributed by atoms with van der Waals surface area (Å²) < 4.78 is 161. The summed E-state index contributed by atoms with van der Waals surface area (Å²) in [5.41, 5.74) is -6.94. The second-order valence-corrected chi connectivity index (χ2v) is 11.4. The highest BCUT2D eigenvalue weighted by atomic mass is 32.2. The zero-order valence-electron chi connectivity index (χ0n) is 23.8. The molecular formula is C27H26F9N3O5S. The number of carbonyl (C=O) groups is 1. The number of quaternary nitrogens is 1. The van der Waals surface area contributed by atoms with Crippen LogP contribution in [0, 0.1) is 0 Å². The van der Waals surface area contributed by atoms with Crippen LogP contribution in [0.4, 0.5) is 55.7 Å². The number of halogens is 9. The Bertz CT molecular complexity index is 1640. The lowest BCUT2D eigenvalue weighted by atomic mass is 9.82. The monoisotopic (exact) mass is 675 g/mol. The molecule has 0 aromatic heterocycles. The molecule has 0 heterocycles. The van der Waals surface area contributed by atoms with Gasteiger partial charge in [0.1, 0.15) is 15.9 Å². The summed E-state index contributed by atoms with van der Waals surface area (Å²) >= 11 is 0. The van der Waals surface area contributed by atoms with Crippen molar-refractivity contribution in [2.45, 2.75) is 56.0 Å². The van der Waals surface area contributed by atoms with E-state index in [1.165, 1.54) is 6.07 Å². The standard InChI is InChI=1S/C27H23F9N2O5S.H3N/c1-4-24(2,3)14-5-8-21(22(13-14)44(40,41)42)43-20-7-6-15(25(28,29)30)12-19(20)38-23(39)37-18-10-16(26(31,32)33)9-17(11-18)27(34,35)36;/h5-13H,4H2,1-3H3,(H2,37,38,39)(H,40,41,42);1H3. The van der Waals surface area contributed by atoms with E-state index in [4.69, 9.17) is 4.74 Å². The van der Waals surface area contributed by atoms with Crippen molar-refractivity contribution in [3.8, 4) is 11.5 Å². The summed E-state index contributed by atoms with van der Waals surface area (Å²) in [5.74, 6) is -1.29. The molecule has 0 unspecified atom stereocenters. The molecule has 45 heavy (non-hydrogen) atoms. The molecular weight excluding hydrogens is 649 g/mol. The molecule has 2 amide bonds. The molecule has 0 aliphatic rings. The lowest BCUT2D eigenvalue weighted by Gasteiger charge is -2.25. The fourth-order valence-corrected chi connectivity index (χ4v) is 4.36. The van der Waals surface area contributed by atoms with E-state index in [0.29, 0.717) is 30.2 Å². The first-order valence-corrected chi connectivity index (χ1v) is 13.7. The van der Waals surface area contributed by atoms with E-state index in [9.17, 15) is 57.3 Å². The van der Waals surface area contributed by atoms with Crippen molar-refractivity contribution in [3.05, 3.63) is 76.9 Å². The van der Waals surface area contributed by atoms with E-state index >= 15 is 0 Å². The van der Waals surface area contributed by atoms with Crippen LogP contribution >= 0.6 is 0 Å². The largest absolute Gasteiger partial charge is 0.744 e. The molecule has 0 saturated heterocycles. The highest BCUT2D eigenvalue weighted by Crippen LogP contribution is 2.41. The molecule has 0 saturated carbocycles. The number of benzene rings is 3. The van der Waals surface area contributed by atoms with Crippen LogP contribution in [0.2, 0.25) is 0 Å². The molecule has 6 N–H and O–H groups in total. The van der Waals surface area contributed by atoms with E-state index in [2.05, 4.69) is 0 Å². The van der Waals surface area contributed by atoms with Gasteiger partial charge >= 0.3 is 24.6 Å². The number of rotatable bonds is 7. The number of carbonyl (C=O) groups excluding carboxylic acids is 1. The Kier molecular flexibility index (Phi) is 10.5. The van der Waals surface area contributed by atoms with Crippen molar-refractivity contribution in [3.63, 3.8) is 0 Å². The summed E-state index contributed by atoms with van der Waals surface area (Å²) in [5, 5.41) is 3.54. The lowest BCUT2D eigenvalue weighted by Crippen LogP contribution is -2.21. The van der Waals surface area contributed by atoms with Gasteiger partial charge < -0.3 is 26.1 Å². The third kappa shape index (κ3) is 9.24. The van der Waals surface area contributed by atoms with E-state index < -0.39 is 84.6 Å². The van der Waals surface area contributed by atoms with Crippen LogP contribution in [0.1, 0.15) is 49.4 Å². The first-order valence-electron chi connectivity index (χ1n) is 12.3. The molecule has 248 valence electrons. The summed E-state index contributed by atoms with van der Waals surface area (Å²) in [6.07, 6.45) is -15.0. The van der Waals surface area contributed by atoms with Crippen LogP contribution in [0.15, 0.2) is 59.5 Å². The summed E-state index contributed by atoms with van der Waals surface area (Å²) in [4.78, 5) is 11.7. The highest BCUT2D eigenvalue weighted by Gasteiger charge is 2.37. The molecule has 8 nitrogen and oxygen atoms in total. The van der Waals surface area contributed by atoms with Crippen molar-refractivity contribution in [2.75, 3.05) is 10.6 Å². The van der Waals surface area contributed by atoms with Crippen molar-refractivity contribution < 1.29 is 62.0 Å². The topological polar surface area (TPSA) is 144 Å². The van der Waals surface area contributed by atoms with Gasteiger partial charge in [-0.1, -0.05) is 26.8 Å².